The van der Waals surface area contributed by atoms with Crippen molar-refractivity contribution in [3.63, 3.8) is 0 Å². The normalized spacial score (nSPS) is 20.9. The van der Waals surface area contributed by atoms with Gasteiger partial charge in [-0.25, -0.2) is 9.37 Å². The molecule has 2 aliphatic rings. The Balaban J connectivity index is 1.52. The van der Waals surface area contributed by atoms with Gasteiger partial charge in [0, 0.05) is 35.1 Å². The SMILES string of the molecule is C=C/C=C\c1cccc(-c2c(Cl)cc3c(nc(O[C@@H](C)[C@@H]4CCCN4C)c4cnn([C@H]5CCN(C(=O)C#CC)[C@H](C)C5)c43)c2F)c1Cl. The molecule has 2 aromatic carbocycles. The average molecular weight is 675 g/mol. The first kappa shape index (κ1) is 33.0. The number of likely N-dealkylation sites (tertiary alicyclic amines) is 2. The highest BCUT2D eigenvalue weighted by atomic mass is 35.5. The minimum atomic E-state index is -0.587. The van der Waals surface area contributed by atoms with Crippen molar-refractivity contribution in [2.75, 3.05) is 20.1 Å². The van der Waals surface area contributed by atoms with E-state index in [2.05, 4.69) is 30.4 Å². The van der Waals surface area contributed by atoms with Gasteiger partial charge < -0.3 is 9.64 Å². The molecule has 0 bridgehead atoms. The molecule has 0 radical (unpaired) electrons. The van der Waals surface area contributed by atoms with E-state index in [0.717, 1.165) is 19.4 Å². The predicted molar refractivity (Wildman–Crippen MR) is 188 cm³/mol. The highest BCUT2D eigenvalue weighted by Gasteiger charge is 2.33. The number of piperidine rings is 1. The number of hydrogen-bond donors (Lipinski definition) is 0. The van der Waals surface area contributed by atoms with Gasteiger partial charge in [0.05, 0.1) is 33.2 Å². The number of benzene rings is 2. The van der Waals surface area contributed by atoms with Gasteiger partial charge in [0.25, 0.3) is 5.91 Å². The Labute approximate surface area is 285 Å². The van der Waals surface area contributed by atoms with Crippen LogP contribution in [0.5, 0.6) is 5.88 Å². The van der Waals surface area contributed by atoms with E-state index in [1.165, 1.54) is 0 Å². The zero-order chi connectivity index (χ0) is 33.4. The maximum Gasteiger partial charge on any atom is 0.298 e. The molecule has 244 valence electrons. The van der Waals surface area contributed by atoms with Crippen molar-refractivity contribution in [2.24, 2.45) is 0 Å². The van der Waals surface area contributed by atoms with Gasteiger partial charge in [-0.15, -0.1) is 0 Å². The van der Waals surface area contributed by atoms with Crippen molar-refractivity contribution in [1.82, 2.24) is 24.6 Å². The van der Waals surface area contributed by atoms with Gasteiger partial charge in [-0.05, 0) is 77.6 Å². The number of ether oxygens (including phenoxy) is 1. The van der Waals surface area contributed by atoms with Gasteiger partial charge in [0.2, 0.25) is 5.88 Å². The van der Waals surface area contributed by atoms with E-state index < -0.39 is 5.82 Å². The number of allylic oxidation sites excluding steroid dienone is 2. The summed E-state index contributed by atoms with van der Waals surface area (Å²) >= 11 is 13.7. The fourth-order valence-electron chi connectivity index (χ4n) is 7.14. The Bertz CT molecular complexity index is 1960. The van der Waals surface area contributed by atoms with Crippen LogP contribution >= 0.6 is 23.2 Å². The lowest BCUT2D eigenvalue weighted by atomic mass is 9.97. The first-order valence-electron chi connectivity index (χ1n) is 16.0. The minimum absolute atomic E-state index is 0.0535. The van der Waals surface area contributed by atoms with E-state index in [9.17, 15) is 4.79 Å². The molecule has 2 fully saturated rings. The van der Waals surface area contributed by atoms with Crippen LogP contribution in [0.3, 0.4) is 0 Å². The van der Waals surface area contributed by atoms with Gasteiger partial charge in [0.15, 0.2) is 5.82 Å². The molecular formula is C37H38Cl2FN5O2. The number of amides is 1. The zero-order valence-corrected chi connectivity index (χ0v) is 28.6. The Hall–Kier alpha value is -3.90. The summed E-state index contributed by atoms with van der Waals surface area (Å²) in [5.74, 6) is 4.93. The summed E-state index contributed by atoms with van der Waals surface area (Å²) in [5, 5.41) is 6.63. The third-order valence-electron chi connectivity index (χ3n) is 9.50. The summed E-state index contributed by atoms with van der Waals surface area (Å²) in [5.41, 5.74) is 2.17. The van der Waals surface area contributed by atoms with Gasteiger partial charge in [-0.2, -0.15) is 5.10 Å². The standard InChI is InChI=1S/C37H38Cl2FN5O2/c1-6-8-12-24-13-9-14-26(33(24)39)32-29(38)20-27-35(34(32)40)42-37(47-23(4)30-15-10-17-43(30)5)28-21-41-45(36(27)28)25-16-18-44(22(3)19-25)31(46)11-7-2/h6,8-9,12-14,20-23,25,30H,1,10,15-19H2,2-5H3/b12-8-/t22-,23+,25+,30+/m1/s1. The summed E-state index contributed by atoms with van der Waals surface area (Å²) < 4.78 is 25.5. The third kappa shape index (κ3) is 6.13. The topological polar surface area (TPSA) is 63.5 Å². The van der Waals surface area contributed by atoms with Crippen LogP contribution < -0.4 is 4.74 Å². The molecule has 0 N–H and O–H groups in total. The van der Waals surface area contributed by atoms with Crippen LogP contribution in [0.1, 0.15) is 58.1 Å². The van der Waals surface area contributed by atoms with Crippen molar-refractivity contribution in [2.45, 2.75) is 70.7 Å². The van der Waals surface area contributed by atoms with Crippen LogP contribution in [0.25, 0.3) is 39.0 Å². The fourth-order valence-corrected chi connectivity index (χ4v) is 7.72. The molecule has 1 amide bonds. The molecule has 4 aromatic rings. The second-order valence-corrected chi connectivity index (χ2v) is 13.2. The Morgan fingerprint density at radius 2 is 2.04 bits per heavy atom. The summed E-state index contributed by atoms with van der Waals surface area (Å²) in [4.78, 5) is 21.5. The Kier molecular flexibility index (Phi) is 9.61. The molecular weight excluding hydrogens is 636 g/mol. The first-order chi connectivity index (χ1) is 22.6. The largest absolute Gasteiger partial charge is 0.472 e. The molecule has 2 aromatic heterocycles. The number of carbonyl (C=O) groups is 1. The number of rotatable bonds is 7. The lowest BCUT2D eigenvalue weighted by Gasteiger charge is -2.37. The van der Waals surface area contributed by atoms with Crippen LogP contribution in [-0.4, -0.2) is 68.8 Å². The maximum absolute atomic E-state index is 17.0. The number of nitrogens with zero attached hydrogens (tertiary/aromatic N) is 5. The van der Waals surface area contributed by atoms with Gasteiger partial charge in [-0.3, -0.25) is 14.4 Å². The second-order valence-electron chi connectivity index (χ2n) is 12.4. The van der Waals surface area contributed by atoms with Crippen molar-refractivity contribution in [3.05, 3.63) is 70.6 Å². The monoisotopic (exact) mass is 673 g/mol. The molecule has 0 saturated carbocycles. The van der Waals surface area contributed by atoms with Crippen LogP contribution in [0.15, 0.2) is 49.2 Å². The number of carbonyl (C=O) groups excluding carboxylic acids is 1. The highest BCUT2D eigenvalue weighted by Crippen LogP contribution is 2.44. The summed E-state index contributed by atoms with van der Waals surface area (Å²) in [6, 6.07) is 7.27. The molecule has 0 unspecified atom stereocenters. The van der Waals surface area contributed by atoms with E-state index in [4.69, 9.17) is 38.0 Å². The minimum Gasteiger partial charge on any atom is -0.472 e. The smallest absolute Gasteiger partial charge is 0.298 e. The van der Waals surface area contributed by atoms with E-state index in [-0.39, 0.29) is 46.2 Å². The maximum atomic E-state index is 17.0. The molecule has 0 aliphatic carbocycles. The lowest BCUT2D eigenvalue weighted by Crippen LogP contribution is -2.44. The fraction of sp³-hybridized carbons (Fsp3) is 0.378. The number of pyridine rings is 1. The molecule has 7 nitrogen and oxygen atoms in total. The van der Waals surface area contributed by atoms with Crippen LogP contribution in [0.4, 0.5) is 4.39 Å². The lowest BCUT2D eigenvalue weighted by molar-refractivity contribution is -0.128. The molecule has 4 heterocycles. The summed E-state index contributed by atoms with van der Waals surface area (Å²) in [7, 11) is 2.10. The number of fused-ring (bicyclic) bond motifs is 3. The van der Waals surface area contributed by atoms with Gasteiger partial charge in [0.1, 0.15) is 11.6 Å². The average Bonchev–Trinajstić information content (AvgIpc) is 3.69. The van der Waals surface area contributed by atoms with Crippen molar-refractivity contribution in [1.29, 1.82) is 0 Å². The molecule has 47 heavy (non-hydrogen) atoms. The molecule has 4 atom stereocenters. The van der Waals surface area contributed by atoms with E-state index >= 15 is 4.39 Å². The summed E-state index contributed by atoms with van der Waals surface area (Å²) in [6.07, 6.45) is 10.2. The second kappa shape index (κ2) is 13.7. The van der Waals surface area contributed by atoms with Crippen LogP contribution in [0, 0.1) is 17.7 Å². The first-order valence-corrected chi connectivity index (χ1v) is 16.8. The van der Waals surface area contributed by atoms with Crippen molar-refractivity contribution >= 4 is 57.0 Å². The number of likely N-dealkylation sites (N-methyl/N-ethyl adjacent to an activating group) is 1. The van der Waals surface area contributed by atoms with Crippen LogP contribution in [-0.2, 0) is 4.79 Å². The van der Waals surface area contributed by atoms with Crippen molar-refractivity contribution < 1.29 is 13.9 Å². The highest BCUT2D eigenvalue weighted by molar-refractivity contribution is 6.38. The Morgan fingerprint density at radius 3 is 2.74 bits per heavy atom. The number of aromatic nitrogens is 3. The quantitative estimate of drug-likeness (QED) is 0.146. The van der Waals surface area contributed by atoms with E-state index in [1.54, 1.807) is 42.3 Å². The molecule has 6 rings (SSSR count). The molecule has 2 aliphatic heterocycles. The zero-order valence-electron chi connectivity index (χ0n) is 27.1. The van der Waals surface area contributed by atoms with Gasteiger partial charge >= 0.3 is 0 Å². The van der Waals surface area contributed by atoms with Crippen molar-refractivity contribution in [3.8, 4) is 28.8 Å². The Morgan fingerprint density at radius 1 is 1.23 bits per heavy atom. The van der Waals surface area contributed by atoms with Crippen LogP contribution in [0.2, 0.25) is 10.0 Å². The van der Waals surface area contributed by atoms with Gasteiger partial charge in [-0.1, -0.05) is 72.1 Å². The third-order valence-corrected chi connectivity index (χ3v) is 10.2. The van der Waals surface area contributed by atoms with E-state index in [1.807, 2.05) is 36.7 Å². The van der Waals surface area contributed by atoms with E-state index in [0.29, 0.717) is 57.7 Å². The molecule has 10 heteroatoms. The molecule has 2 saturated heterocycles. The predicted octanol–water partition coefficient (Wildman–Crippen LogP) is 8.33. The summed E-state index contributed by atoms with van der Waals surface area (Å²) in [6.45, 7) is 11.0. The molecule has 0 spiro atoms. The number of halogens is 3. The number of hydrogen-bond acceptors (Lipinski definition) is 5.